The fourth-order valence-electron chi connectivity index (χ4n) is 3.14. The molecule has 0 unspecified atom stereocenters. The number of nitrogens with zero attached hydrogens (tertiary/aromatic N) is 1. The monoisotopic (exact) mass is 481 g/mol. The van der Waals surface area contributed by atoms with E-state index in [1.165, 1.54) is 0 Å². The second-order valence-corrected chi connectivity index (χ2v) is 8.04. The summed E-state index contributed by atoms with van der Waals surface area (Å²) in [5.41, 5.74) is 5.14. The van der Waals surface area contributed by atoms with Gasteiger partial charge in [-0.3, -0.25) is 19.4 Å². The van der Waals surface area contributed by atoms with Crippen molar-refractivity contribution in [3.8, 4) is 0 Å². The molecule has 0 aliphatic rings. The third kappa shape index (κ3) is 5.04. The fraction of sp³-hybridized carbons (Fsp3) is 0.0435. The maximum absolute atomic E-state index is 13.4. The van der Waals surface area contributed by atoms with Gasteiger partial charge in [-0.1, -0.05) is 48.2 Å². The number of rotatable bonds is 6. The van der Waals surface area contributed by atoms with Crippen LogP contribution in [0.1, 0.15) is 10.4 Å². The van der Waals surface area contributed by atoms with Gasteiger partial charge >= 0.3 is 0 Å². The summed E-state index contributed by atoms with van der Waals surface area (Å²) in [4.78, 5) is 43.5. The minimum atomic E-state index is -1.21. The van der Waals surface area contributed by atoms with E-state index in [1.54, 1.807) is 6.07 Å². The van der Waals surface area contributed by atoms with Crippen molar-refractivity contribution >= 4 is 51.5 Å². The second-order valence-electron chi connectivity index (χ2n) is 7.08. The van der Waals surface area contributed by atoms with Crippen LogP contribution in [0.5, 0.6) is 0 Å². The summed E-state index contributed by atoms with van der Waals surface area (Å²) in [6.45, 7) is 0. The number of fused-ring (bicyclic) bond motifs is 1. The molecule has 0 saturated heterocycles. The van der Waals surface area contributed by atoms with Gasteiger partial charge in [0.25, 0.3) is 11.5 Å². The molecule has 0 saturated carbocycles. The number of amides is 2. The molecule has 3 aromatic carbocycles. The lowest BCUT2D eigenvalue weighted by Crippen LogP contribution is -2.23. The fourth-order valence-corrected chi connectivity index (χ4v) is 3.80. The molecule has 0 spiro atoms. The zero-order chi connectivity index (χ0) is 24.2. The van der Waals surface area contributed by atoms with Crippen molar-refractivity contribution in [2.75, 3.05) is 22.1 Å². The van der Waals surface area contributed by atoms with Gasteiger partial charge < -0.3 is 16.4 Å². The Hall–Kier alpha value is -4.25. The number of aromatic amines is 1. The Morgan fingerprint density at radius 1 is 1.00 bits per heavy atom. The molecule has 0 radical (unpaired) electrons. The highest BCUT2D eigenvalue weighted by molar-refractivity contribution is 7.99. The number of H-pyrrole nitrogens is 1. The lowest BCUT2D eigenvalue weighted by atomic mass is 10.1. The lowest BCUT2D eigenvalue weighted by molar-refractivity contribution is -0.113. The molecule has 4 rings (SSSR count). The third-order valence-electron chi connectivity index (χ3n) is 4.75. The molecule has 4 aromatic rings. The Balaban J connectivity index is 1.42. The SMILES string of the molecule is Nc1nc(SCC(=O)Nc2cccc3ccccc23)[nH]c(=O)c1NC(=O)c1ccc(F)c(F)c1. The average Bonchev–Trinajstić information content (AvgIpc) is 2.82. The summed E-state index contributed by atoms with van der Waals surface area (Å²) < 4.78 is 26.4. The van der Waals surface area contributed by atoms with Crippen LogP contribution in [0.15, 0.2) is 70.6 Å². The van der Waals surface area contributed by atoms with Crippen LogP contribution in [0.25, 0.3) is 10.8 Å². The third-order valence-corrected chi connectivity index (χ3v) is 5.62. The number of hydrogen-bond donors (Lipinski definition) is 4. The van der Waals surface area contributed by atoms with Crippen molar-refractivity contribution in [3.63, 3.8) is 0 Å². The van der Waals surface area contributed by atoms with Crippen LogP contribution in [-0.2, 0) is 4.79 Å². The molecule has 172 valence electrons. The normalized spacial score (nSPS) is 10.8. The molecule has 8 nitrogen and oxygen atoms in total. The first kappa shape index (κ1) is 22.9. The van der Waals surface area contributed by atoms with Crippen LogP contribution in [-0.4, -0.2) is 27.5 Å². The molecular weight excluding hydrogens is 464 g/mol. The summed E-state index contributed by atoms with van der Waals surface area (Å²) in [6.07, 6.45) is 0. The average molecular weight is 481 g/mol. The number of carbonyl (C=O) groups is 2. The first-order valence-electron chi connectivity index (χ1n) is 9.88. The minimum absolute atomic E-state index is 0.0633. The van der Waals surface area contributed by atoms with Crippen molar-refractivity contribution in [3.05, 3.63) is 88.2 Å². The molecule has 34 heavy (non-hydrogen) atoms. The van der Waals surface area contributed by atoms with Gasteiger partial charge in [-0.2, -0.15) is 0 Å². The lowest BCUT2D eigenvalue weighted by Gasteiger charge is -2.10. The Kier molecular flexibility index (Phi) is 6.55. The van der Waals surface area contributed by atoms with E-state index in [-0.39, 0.29) is 33.9 Å². The zero-order valence-electron chi connectivity index (χ0n) is 17.4. The summed E-state index contributed by atoms with van der Waals surface area (Å²) in [6, 6.07) is 15.7. The van der Waals surface area contributed by atoms with Crippen LogP contribution in [0.2, 0.25) is 0 Å². The smallest absolute Gasteiger partial charge is 0.277 e. The predicted molar refractivity (Wildman–Crippen MR) is 127 cm³/mol. The van der Waals surface area contributed by atoms with Crippen molar-refractivity contribution in [2.45, 2.75) is 5.16 Å². The summed E-state index contributed by atoms with van der Waals surface area (Å²) >= 11 is 0.946. The van der Waals surface area contributed by atoms with Crippen LogP contribution < -0.4 is 21.9 Å². The first-order chi connectivity index (χ1) is 16.3. The predicted octanol–water partition coefficient (Wildman–Crippen LogP) is 3.77. The van der Waals surface area contributed by atoms with E-state index in [4.69, 9.17) is 5.73 Å². The Morgan fingerprint density at radius 2 is 1.76 bits per heavy atom. The molecule has 0 bridgehead atoms. The molecule has 0 aliphatic heterocycles. The molecule has 0 aliphatic carbocycles. The minimum Gasteiger partial charge on any atom is -0.382 e. The maximum atomic E-state index is 13.4. The second kappa shape index (κ2) is 9.71. The molecule has 1 aromatic heterocycles. The standard InChI is InChI=1S/C23H17F2N5O3S/c24-15-9-8-13(10-16(15)25)21(32)28-19-20(26)29-23(30-22(19)33)34-11-18(31)27-17-7-3-5-12-4-1-2-6-14(12)17/h1-10H,11H2,(H,27,31)(H,28,32)(H3,26,29,30,33). The van der Waals surface area contributed by atoms with Gasteiger partial charge in [0.05, 0.1) is 5.75 Å². The van der Waals surface area contributed by atoms with E-state index in [0.717, 1.165) is 34.7 Å². The quantitative estimate of drug-likeness (QED) is 0.245. The van der Waals surface area contributed by atoms with Gasteiger partial charge in [-0.05, 0) is 29.7 Å². The Morgan fingerprint density at radius 3 is 2.53 bits per heavy atom. The van der Waals surface area contributed by atoms with Gasteiger partial charge in [-0.25, -0.2) is 13.8 Å². The number of nitrogens with one attached hydrogen (secondary N) is 3. The topological polar surface area (TPSA) is 130 Å². The number of aromatic nitrogens is 2. The van der Waals surface area contributed by atoms with Crippen molar-refractivity contribution < 1.29 is 18.4 Å². The first-order valence-corrected chi connectivity index (χ1v) is 10.9. The van der Waals surface area contributed by atoms with E-state index in [1.807, 2.05) is 36.4 Å². The van der Waals surface area contributed by atoms with Gasteiger partial charge in [0, 0.05) is 16.6 Å². The van der Waals surface area contributed by atoms with E-state index in [0.29, 0.717) is 11.8 Å². The highest BCUT2D eigenvalue weighted by Gasteiger charge is 2.16. The Bertz CT molecular complexity index is 1470. The van der Waals surface area contributed by atoms with E-state index in [2.05, 4.69) is 20.6 Å². The van der Waals surface area contributed by atoms with Crippen LogP contribution in [0, 0.1) is 11.6 Å². The number of nitrogens with two attached hydrogens (primary N) is 1. The molecule has 0 fully saturated rings. The number of carbonyl (C=O) groups excluding carboxylic acids is 2. The van der Waals surface area contributed by atoms with Crippen molar-refractivity contribution in [2.24, 2.45) is 0 Å². The molecule has 2 amide bonds. The summed E-state index contributed by atoms with van der Waals surface area (Å²) in [7, 11) is 0. The number of hydrogen-bond acceptors (Lipinski definition) is 6. The van der Waals surface area contributed by atoms with Crippen molar-refractivity contribution in [1.29, 1.82) is 0 Å². The highest BCUT2D eigenvalue weighted by Crippen LogP contribution is 2.24. The molecule has 0 atom stereocenters. The number of halogens is 2. The maximum Gasteiger partial charge on any atom is 0.277 e. The van der Waals surface area contributed by atoms with Gasteiger partial charge in [0.15, 0.2) is 22.6 Å². The molecule has 11 heteroatoms. The molecular formula is C23H17F2N5O3S. The van der Waals surface area contributed by atoms with Crippen LogP contribution >= 0.6 is 11.8 Å². The Labute approximate surface area is 195 Å². The van der Waals surface area contributed by atoms with E-state index >= 15 is 0 Å². The number of benzene rings is 3. The largest absolute Gasteiger partial charge is 0.382 e. The highest BCUT2D eigenvalue weighted by atomic mass is 32.2. The van der Waals surface area contributed by atoms with Crippen LogP contribution in [0.3, 0.4) is 0 Å². The van der Waals surface area contributed by atoms with E-state index < -0.39 is 23.1 Å². The summed E-state index contributed by atoms with van der Waals surface area (Å²) in [5, 5.41) is 7.00. The molecule has 5 N–H and O–H groups in total. The van der Waals surface area contributed by atoms with Gasteiger partial charge in [0.2, 0.25) is 5.91 Å². The van der Waals surface area contributed by atoms with Gasteiger partial charge in [0.1, 0.15) is 5.69 Å². The number of nitrogen functional groups attached to an aromatic ring is 1. The number of thioether (sulfide) groups is 1. The number of anilines is 3. The van der Waals surface area contributed by atoms with Crippen LogP contribution in [0.4, 0.5) is 26.0 Å². The van der Waals surface area contributed by atoms with Crippen molar-refractivity contribution in [1.82, 2.24) is 9.97 Å². The summed E-state index contributed by atoms with van der Waals surface area (Å²) in [5.74, 6) is -3.86. The molecule has 1 heterocycles. The van der Waals surface area contributed by atoms with Gasteiger partial charge in [-0.15, -0.1) is 0 Å². The van der Waals surface area contributed by atoms with E-state index in [9.17, 15) is 23.2 Å². The zero-order valence-corrected chi connectivity index (χ0v) is 18.2.